The molecule has 1 unspecified atom stereocenters. The highest BCUT2D eigenvalue weighted by Gasteiger charge is 2.22. The Kier molecular flexibility index (Phi) is 4.25. The smallest absolute Gasteiger partial charge is 0.236 e. The zero-order chi connectivity index (χ0) is 13.1. The average Bonchev–Trinajstić information content (AvgIpc) is 2.76. The van der Waals surface area contributed by atoms with Crippen LogP contribution >= 0.6 is 11.6 Å². The van der Waals surface area contributed by atoms with Crippen molar-refractivity contribution < 1.29 is 4.79 Å². The molecule has 0 fully saturated rings. The molecule has 0 spiro atoms. The summed E-state index contributed by atoms with van der Waals surface area (Å²) >= 11 is 5.98. The number of nitrogens with one attached hydrogen (secondary N) is 1. The van der Waals surface area contributed by atoms with Gasteiger partial charge in [-0.05, 0) is 43.0 Å². The van der Waals surface area contributed by atoms with Crippen molar-refractivity contribution in [2.45, 2.75) is 25.8 Å². The van der Waals surface area contributed by atoms with Crippen molar-refractivity contribution in [2.24, 2.45) is 0 Å². The Hall–Kier alpha value is -1.06. The van der Waals surface area contributed by atoms with E-state index in [1.807, 2.05) is 26.1 Å². The maximum absolute atomic E-state index is 11.7. The summed E-state index contributed by atoms with van der Waals surface area (Å²) in [5, 5.41) is 4.12. The van der Waals surface area contributed by atoms with Crippen LogP contribution in [0.3, 0.4) is 0 Å². The van der Waals surface area contributed by atoms with Gasteiger partial charge in [-0.1, -0.05) is 17.7 Å². The number of benzene rings is 1. The number of carbonyl (C=O) groups excluding carboxylic acids is 1. The van der Waals surface area contributed by atoms with Gasteiger partial charge in [0.15, 0.2) is 0 Å². The molecule has 0 bridgehead atoms. The zero-order valence-electron chi connectivity index (χ0n) is 10.9. The molecule has 1 atom stereocenters. The number of nitrogens with zero attached hydrogens (tertiary/aromatic N) is 1. The first kappa shape index (κ1) is 13.4. The average molecular weight is 267 g/mol. The molecule has 1 aromatic rings. The first-order valence-corrected chi connectivity index (χ1v) is 6.72. The van der Waals surface area contributed by atoms with Crippen LogP contribution < -0.4 is 5.32 Å². The van der Waals surface area contributed by atoms with E-state index in [0.717, 1.165) is 24.4 Å². The molecule has 18 heavy (non-hydrogen) atoms. The molecule has 1 amide bonds. The standard InChI is InChI=1S/C14H19ClN2O/c1-3-17(2)14(18)9-16-13-7-10-4-5-12(15)6-11(10)8-13/h4-6,13,16H,3,7-9H2,1-2H3. The van der Waals surface area contributed by atoms with Crippen molar-refractivity contribution >= 4 is 17.5 Å². The van der Waals surface area contributed by atoms with Gasteiger partial charge in [0.1, 0.15) is 0 Å². The molecule has 0 saturated carbocycles. The van der Waals surface area contributed by atoms with Gasteiger partial charge >= 0.3 is 0 Å². The summed E-state index contributed by atoms with van der Waals surface area (Å²) < 4.78 is 0. The second-order valence-electron chi connectivity index (χ2n) is 4.81. The van der Waals surface area contributed by atoms with Gasteiger partial charge in [0.2, 0.25) is 5.91 Å². The quantitative estimate of drug-likeness (QED) is 0.903. The zero-order valence-corrected chi connectivity index (χ0v) is 11.6. The molecule has 98 valence electrons. The number of likely N-dealkylation sites (N-methyl/N-ethyl adjacent to an activating group) is 1. The Morgan fingerprint density at radius 2 is 2.17 bits per heavy atom. The number of fused-ring (bicyclic) bond motifs is 1. The molecule has 1 aliphatic rings. The van der Waals surface area contributed by atoms with Crippen molar-refractivity contribution in [1.29, 1.82) is 0 Å². The van der Waals surface area contributed by atoms with Crippen LogP contribution in [0, 0.1) is 0 Å². The van der Waals surface area contributed by atoms with Crippen LogP contribution in [-0.2, 0) is 17.6 Å². The number of rotatable bonds is 4. The van der Waals surface area contributed by atoms with Crippen LogP contribution in [0.25, 0.3) is 0 Å². The molecule has 1 aliphatic carbocycles. The summed E-state index contributed by atoms with van der Waals surface area (Å²) in [6.07, 6.45) is 1.94. The summed E-state index contributed by atoms with van der Waals surface area (Å²) in [7, 11) is 1.83. The minimum atomic E-state index is 0.145. The van der Waals surface area contributed by atoms with Gasteiger partial charge in [0, 0.05) is 24.7 Å². The fourth-order valence-electron chi connectivity index (χ4n) is 2.27. The summed E-state index contributed by atoms with van der Waals surface area (Å²) in [5.41, 5.74) is 2.64. The maximum atomic E-state index is 11.7. The van der Waals surface area contributed by atoms with Gasteiger partial charge in [0.25, 0.3) is 0 Å². The van der Waals surface area contributed by atoms with Gasteiger partial charge in [0.05, 0.1) is 6.54 Å². The SMILES string of the molecule is CCN(C)C(=O)CNC1Cc2ccc(Cl)cc2C1. The fraction of sp³-hybridized carbons (Fsp3) is 0.500. The molecular formula is C14H19ClN2O. The predicted octanol–water partition coefficient (Wildman–Crippen LogP) is 1.88. The number of carbonyl (C=O) groups is 1. The normalized spacial score (nSPS) is 17.6. The Morgan fingerprint density at radius 1 is 1.44 bits per heavy atom. The minimum Gasteiger partial charge on any atom is -0.345 e. The highest BCUT2D eigenvalue weighted by molar-refractivity contribution is 6.30. The molecule has 2 rings (SSSR count). The number of amides is 1. The summed E-state index contributed by atoms with van der Waals surface area (Å²) in [4.78, 5) is 13.4. The van der Waals surface area contributed by atoms with Crippen LogP contribution in [0.1, 0.15) is 18.1 Å². The highest BCUT2D eigenvalue weighted by Crippen LogP contribution is 2.25. The third-order valence-electron chi connectivity index (χ3n) is 3.54. The van der Waals surface area contributed by atoms with Crippen LogP contribution in [0.15, 0.2) is 18.2 Å². The summed E-state index contributed by atoms with van der Waals surface area (Å²) in [5.74, 6) is 0.145. The van der Waals surface area contributed by atoms with Crippen LogP contribution in [0.2, 0.25) is 5.02 Å². The number of hydrogen-bond donors (Lipinski definition) is 1. The molecule has 0 heterocycles. The van der Waals surface area contributed by atoms with Gasteiger partial charge in [-0.3, -0.25) is 4.79 Å². The van der Waals surface area contributed by atoms with E-state index in [1.165, 1.54) is 11.1 Å². The molecule has 0 aliphatic heterocycles. The lowest BCUT2D eigenvalue weighted by Crippen LogP contribution is -2.40. The van der Waals surface area contributed by atoms with E-state index in [9.17, 15) is 4.79 Å². The fourth-order valence-corrected chi connectivity index (χ4v) is 2.47. The van der Waals surface area contributed by atoms with Crippen LogP contribution in [-0.4, -0.2) is 37.0 Å². The summed E-state index contributed by atoms with van der Waals surface area (Å²) in [6, 6.07) is 6.39. The lowest BCUT2D eigenvalue weighted by molar-refractivity contribution is -0.128. The van der Waals surface area contributed by atoms with Crippen molar-refractivity contribution in [3.8, 4) is 0 Å². The number of halogens is 1. The molecular weight excluding hydrogens is 248 g/mol. The van der Waals surface area contributed by atoms with E-state index in [2.05, 4.69) is 11.4 Å². The molecule has 4 heteroatoms. The van der Waals surface area contributed by atoms with E-state index in [1.54, 1.807) is 4.90 Å². The van der Waals surface area contributed by atoms with Crippen LogP contribution in [0.5, 0.6) is 0 Å². The molecule has 1 N–H and O–H groups in total. The molecule has 1 aromatic carbocycles. The second kappa shape index (κ2) is 5.72. The van der Waals surface area contributed by atoms with E-state index >= 15 is 0 Å². The molecule has 0 radical (unpaired) electrons. The Labute approximate surface area is 113 Å². The highest BCUT2D eigenvalue weighted by atomic mass is 35.5. The third-order valence-corrected chi connectivity index (χ3v) is 3.78. The Bertz CT molecular complexity index is 447. The van der Waals surface area contributed by atoms with Crippen molar-refractivity contribution in [3.05, 3.63) is 34.3 Å². The van der Waals surface area contributed by atoms with Crippen molar-refractivity contribution in [3.63, 3.8) is 0 Å². The third kappa shape index (κ3) is 3.03. The van der Waals surface area contributed by atoms with Crippen molar-refractivity contribution in [2.75, 3.05) is 20.1 Å². The lowest BCUT2D eigenvalue weighted by Gasteiger charge is -2.17. The predicted molar refractivity (Wildman–Crippen MR) is 74.0 cm³/mol. The van der Waals surface area contributed by atoms with E-state index in [-0.39, 0.29) is 5.91 Å². The van der Waals surface area contributed by atoms with E-state index < -0.39 is 0 Å². The van der Waals surface area contributed by atoms with Gasteiger partial charge in [-0.25, -0.2) is 0 Å². The second-order valence-corrected chi connectivity index (χ2v) is 5.24. The molecule has 0 saturated heterocycles. The largest absolute Gasteiger partial charge is 0.345 e. The van der Waals surface area contributed by atoms with E-state index in [4.69, 9.17) is 11.6 Å². The van der Waals surface area contributed by atoms with E-state index in [0.29, 0.717) is 12.6 Å². The first-order valence-electron chi connectivity index (χ1n) is 6.34. The van der Waals surface area contributed by atoms with Crippen LogP contribution in [0.4, 0.5) is 0 Å². The molecule has 3 nitrogen and oxygen atoms in total. The Morgan fingerprint density at radius 3 is 2.89 bits per heavy atom. The monoisotopic (exact) mass is 266 g/mol. The van der Waals surface area contributed by atoms with Gasteiger partial charge in [-0.2, -0.15) is 0 Å². The topological polar surface area (TPSA) is 32.3 Å². The van der Waals surface area contributed by atoms with Gasteiger partial charge in [-0.15, -0.1) is 0 Å². The molecule has 0 aromatic heterocycles. The van der Waals surface area contributed by atoms with Crippen molar-refractivity contribution in [1.82, 2.24) is 10.2 Å². The van der Waals surface area contributed by atoms with Gasteiger partial charge < -0.3 is 10.2 Å². The lowest BCUT2D eigenvalue weighted by atomic mass is 10.1. The Balaban J connectivity index is 1.86. The number of hydrogen-bond acceptors (Lipinski definition) is 2. The minimum absolute atomic E-state index is 0.145. The first-order chi connectivity index (χ1) is 8.60. The maximum Gasteiger partial charge on any atom is 0.236 e. The summed E-state index contributed by atoms with van der Waals surface area (Å²) in [6.45, 7) is 3.14.